The number of benzene rings is 2. The van der Waals surface area contributed by atoms with Gasteiger partial charge in [0.1, 0.15) is 5.75 Å². The van der Waals surface area contributed by atoms with E-state index in [1.165, 1.54) is 0 Å². The summed E-state index contributed by atoms with van der Waals surface area (Å²) in [7, 11) is 0. The molecule has 1 heterocycles. The van der Waals surface area contributed by atoms with Gasteiger partial charge in [-0.25, -0.2) is 9.59 Å². The number of hydrogen-bond donors (Lipinski definition) is 0. The van der Waals surface area contributed by atoms with E-state index in [9.17, 15) is 14.4 Å². The minimum atomic E-state index is -0.614. The minimum absolute atomic E-state index is 0.280. The Balaban J connectivity index is 1.41. The molecule has 0 bridgehead atoms. The van der Waals surface area contributed by atoms with Gasteiger partial charge in [0.2, 0.25) is 0 Å². The van der Waals surface area contributed by atoms with Crippen LogP contribution >= 0.6 is 0 Å². The highest BCUT2D eigenvalue weighted by atomic mass is 16.6. The molecule has 29 heavy (non-hydrogen) atoms. The summed E-state index contributed by atoms with van der Waals surface area (Å²) in [6, 6.07) is 13.3. The van der Waals surface area contributed by atoms with Crippen LogP contribution in [0.5, 0.6) is 5.75 Å². The fraction of sp³-hybridized carbons (Fsp3) is 0.381. The molecule has 0 atom stereocenters. The molecule has 0 aliphatic carbocycles. The van der Waals surface area contributed by atoms with E-state index < -0.39 is 5.97 Å². The Morgan fingerprint density at radius 1 is 0.862 bits per heavy atom. The Hall–Kier alpha value is -3.29. The Morgan fingerprint density at radius 3 is 2.31 bits per heavy atom. The summed E-state index contributed by atoms with van der Waals surface area (Å²) in [6.07, 6.45) is -0.378. The first-order valence-electron chi connectivity index (χ1n) is 9.54. The molecule has 2 amide bonds. The number of fused-ring (bicyclic) bond motifs is 1. The van der Waals surface area contributed by atoms with Crippen LogP contribution in [0, 0.1) is 0 Å². The Morgan fingerprint density at radius 2 is 1.55 bits per heavy atom. The van der Waals surface area contributed by atoms with Crippen molar-refractivity contribution in [1.29, 1.82) is 0 Å². The molecular formula is C21H24N2O6. The van der Waals surface area contributed by atoms with Gasteiger partial charge in [0, 0.05) is 31.6 Å². The van der Waals surface area contributed by atoms with E-state index in [2.05, 4.69) is 0 Å². The number of carbonyl (C=O) groups is 3. The number of amides is 2. The first-order chi connectivity index (χ1) is 14.1. The number of ether oxygens (including phenoxy) is 3. The van der Waals surface area contributed by atoms with Crippen LogP contribution in [0.4, 0.5) is 4.79 Å². The van der Waals surface area contributed by atoms with Crippen molar-refractivity contribution < 1.29 is 28.6 Å². The summed E-state index contributed by atoms with van der Waals surface area (Å²) < 4.78 is 15.6. The molecule has 0 saturated carbocycles. The number of nitrogens with zero attached hydrogens (tertiary/aromatic N) is 2. The monoisotopic (exact) mass is 400 g/mol. The molecule has 1 aliphatic heterocycles. The number of esters is 1. The zero-order valence-electron chi connectivity index (χ0n) is 16.3. The first kappa shape index (κ1) is 20.4. The van der Waals surface area contributed by atoms with Gasteiger partial charge in [-0.2, -0.15) is 0 Å². The summed E-state index contributed by atoms with van der Waals surface area (Å²) in [4.78, 5) is 39.0. The van der Waals surface area contributed by atoms with E-state index in [4.69, 9.17) is 14.2 Å². The standard InChI is InChI=1S/C21H24N2O6/c1-2-27-21(26)23-12-10-22(11-13-23)19(24)14-29-20(25)15-28-18-9-5-7-16-6-3-4-8-17(16)18/h3-9H,2,10-15H2,1H3. The fourth-order valence-electron chi connectivity index (χ4n) is 3.09. The molecule has 154 valence electrons. The van der Waals surface area contributed by atoms with Crippen molar-refractivity contribution in [3.05, 3.63) is 42.5 Å². The zero-order chi connectivity index (χ0) is 20.6. The molecule has 0 unspecified atom stereocenters. The molecule has 1 fully saturated rings. The third kappa shape index (κ3) is 5.37. The Kier molecular flexibility index (Phi) is 6.89. The van der Waals surface area contributed by atoms with Gasteiger partial charge in [0.25, 0.3) is 5.91 Å². The number of piperazine rings is 1. The number of hydrogen-bond acceptors (Lipinski definition) is 6. The lowest BCUT2D eigenvalue weighted by atomic mass is 10.1. The van der Waals surface area contributed by atoms with E-state index in [1.807, 2.05) is 36.4 Å². The average molecular weight is 400 g/mol. The highest BCUT2D eigenvalue weighted by molar-refractivity contribution is 5.88. The van der Waals surface area contributed by atoms with Crippen LogP contribution in [0.3, 0.4) is 0 Å². The van der Waals surface area contributed by atoms with Crippen LogP contribution in [-0.2, 0) is 19.1 Å². The first-order valence-corrected chi connectivity index (χ1v) is 9.54. The maximum absolute atomic E-state index is 12.2. The van der Waals surface area contributed by atoms with Crippen molar-refractivity contribution in [2.45, 2.75) is 6.92 Å². The largest absolute Gasteiger partial charge is 0.481 e. The van der Waals surface area contributed by atoms with Crippen LogP contribution in [0.25, 0.3) is 10.8 Å². The summed E-state index contributed by atoms with van der Waals surface area (Å²) in [5.41, 5.74) is 0. The van der Waals surface area contributed by atoms with Gasteiger partial charge >= 0.3 is 12.1 Å². The molecule has 0 radical (unpaired) electrons. The second-order valence-electron chi connectivity index (χ2n) is 6.49. The van der Waals surface area contributed by atoms with E-state index in [1.54, 1.807) is 22.8 Å². The molecule has 1 saturated heterocycles. The highest BCUT2D eigenvalue weighted by Gasteiger charge is 2.25. The van der Waals surface area contributed by atoms with Crippen LogP contribution < -0.4 is 4.74 Å². The van der Waals surface area contributed by atoms with Gasteiger partial charge in [-0.3, -0.25) is 4.79 Å². The molecular weight excluding hydrogens is 376 g/mol. The maximum atomic E-state index is 12.2. The summed E-state index contributed by atoms with van der Waals surface area (Å²) >= 11 is 0. The molecule has 8 nitrogen and oxygen atoms in total. The van der Waals surface area contributed by atoms with Crippen LogP contribution in [0.15, 0.2) is 42.5 Å². The van der Waals surface area contributed by atoms with Gasteiger partial charge in [-0.15, -0.1) is 0 Å². The second kappa shape index (κ2) is 9.77. The van der Waals surface area contributed by atoms with E-state index >= 15 is 0 Å². The normalized spacial score (nSPS) is 13.8. The molecule has 2 aromatic rings. The van der Waals surface area contributed by atoms with E-state index in [0.717, 1.165) is 10.8 Å². The lowest BCUT2D eigenvalue weighted by Gasteiger charge is -2.33. The third-order valence-electron chi connectivity index (χ3n) is 4.61. The molecule has 8 heteroatoms. The Bertz CT molecular complexity index is 871. The maximum Gasteiger partial charge on any atom is 0.409 e. The molecule has 3 rings (SSSR count). The molecule has 2 aromatic carbocycles. The molecule has 0 spiro atoms. The van der Waals surface area contributed by atoms with Crippen molar-refractivity contribution >= 4 is 28.7 Å². The number of carbonyl (C=O) groups excluding carboxylic acids is 3. The van der Waals surface area contributed by atoms with Crippen LogP contribution in [0.1, 0.15) is 6.92 Å². The molecule has 1 aliphatic rings. The highest BCUT2D eigenvalue weighted by Crippen LogP contribution is 2.25. The second-order valence-corrected chi connectivity index (χ2v) is 6.49. The van der Waals surface area contributed by atoms with Gasteiger partial charge in [0.05, 0.1) is 6.61 Å². The SMILES string of the molecule is CCOC(=O)N1CCN(C(=O)COC(=O)COc2cccc3ccccc23)CC1. The predicted octanol–water partition coefficient (Wildman–Crippen LogP) is 2.06. The fourth-order valence-corrected chi connectivity index (χ4v) is 3.09. The minimum Gasteiger partial charge on any atom is -0.481 e. The quantitative estimate of drug-likeness (QED) is 0.690. The summed E-state index contributed by atoms with van der Waals surface area (Å²) in [5.74, 6) is -0.329. The summed E-state index contributed by atoms with van der Waals surface area (Å²) in [5, 5.41) is 1.91. The van der Waals surface area contributed by atoms with E-state index in [0.29, 0.717) is 38.5 Å². The third-order valence-corrected chi connectivity index (χ3v) is 4.61. The lowest BCUT2D eigenvalue weighted by Crippen LogP contribution is -2.51. The van der Waals surface area contributed by atoms with Crippen LogP contribution in [0.2, 0.25) is 0 Å². The van der Waals surface area contributed by atoms with Crippen molar-refractivity contribution in [1.82, 2.24) is 9.80 Å². The van der Waals surface area contributed by atoms with Crippen molar-refractivity contribution in [3.63, 3.8) is 0 Å². The molecule has 0 aromatic heterocycles. The average Bonchev–Trinajstić information content (AvgIpc) is 2.76. The predicted molar refractivity (Wildman–Crippen MR) is 106 cm³/mol. The Labute approximate surface area is 168 Å². The smallest absolute Gasteiger partial charge is 0.409 e. The number of rotatable bonds is 6. The van der Waals surface area contributed by atoms with Crippen LogP contribution in [-0.4, -0.2) is 73.8 Å². The van der Waals surface area contributed by atoms with Gasteiger partial charge in [-0.1, -0.05) is 36.4 Å². The van der Waals surface area contributed by atoms with Gasteiger partial charge < -0.3 is 24.0 Å². The lowest BCUT2D eigenvalue weighted by molar-refractivity contribution is -0.154. The summed E-state index contributed by atoms with van der Waals surface area (Å²) in [6.45, 7) is 2.97. The van der Waals surface area contributed by atoms with Crippen molar-refractivity contribution in [2.75, 3.05) is 46.0 Å². The zero-order valence-corrected chi connectivity index (χ0v) is 16.3. The van der Waals surface area contributed by atoms with Crippen molar-refractivity contribution in [3.8, 4) is 5.75 Å². The van der Waals surface area contributed by atoms with Crippen molar-refractivity contribution in [2.24, 2.45) is 0 Å². The van der Waals surface area contributed by atoms with Gasteiger partial charge in [0.15, 0.2) is 13.2 Å². The topological polar surface area (TPSA) is 85.4 Å². The molecule has 0 N–H and O–H groups in total. The van der Waals surface area contributed by atoms with E-state index in [-0.39, 0.29) is 25.2 Å². The van der Waals surface area contributed by atoms with Gasteiger partial charge in [-0.05, 0) is 18.4 Å².